The Labute approximate surface area is 107 Å². The number of nitro benzene ring substituents is 1. The van der Waals surface area contributed by atoms with Crippen LogP contribution in [0.3, 0.4) is 0 Å². The predicted octanol–water partition coefficient (Wildman–Crippen LogP) is -1.10. The van der Waals surface area contributed by atoms with Crippen LogP contribution in [0.2, 0.25) is 0 Å². The molecular weight excluding hydrogens is 230 g/mol. The molecule has 0 atom stereocenters. The second kappa shape index (κ2) is 5.93. The van der Waals surface area contributed by atoms with E-state index in [1.165, 1.54) is 24.5 Å². The van der Waals surface area contributed by atoms with E-state index in [1.54, 1.807) is 23.1 Å². The molecule has 0 aliphatic carbocycles. The third-order valence-corrected chi connectivity index (χ3v) is 3.74. The first-order valence-corrected chi connectivity index (χ1v) is 6.59. The quantitative estimate of drug-likeness (QED) is 0.527. The zero-order chi connectivity index (χ0) is 13.0. The van der Waals surface area contributed by atoms with Crippen molar-refractivity contribution in [3.63, 3.8) is 0 Å². The number of nitrogens with zero attached hydrogens (tertiary/aromatic N) is 1. The highest BCUT2D eigenvalue weighted by molar-refractivity contribution is 5.33. The number of hydrogen-bond donors (Lipinski definition) is 2. The Morgan fingerprint density at radius 1 is 1.22 bits per heavy atom. The van der Waals surface area contributed by atoms with E-state index in [9.17, 15) is 10.1 Å². The molecule has 0 saturated carbocycles. The number of quaternary nitrogens is 2. The van der Waals surface area contributed by atoms with Gasteiger partial charge >= 0.3 is 0 Å². The van der Waals surface area contributed by atoms with Crippen molar-refractivity contribution in [2.75, 3.05) is 32.7 Å². The average molecular weight is 251 g/mol. The number of nitro groups is 1. The third-order valence-electron chi connectivity index (χ3n) is 3.74. The number of likely N-dealkylation sites (N-methyl/N-ethyl adjacent to an activating group) is 1. The molecule has 0 bridgehead atoms. The Kier molecular flexibility index (Phi) is 4.28. The van der Waals surface area contributed by atoms with E-state index in [4.69, 9.17) is 0 Å². The van der Waals surface area contributed by atoms with Crippen LogP contribution in [0.4, 0.5) is 5.69 Å². The van der Waals surface area contributed by atoms with Gasteiger partial charge in [-0.15, -0.1) is 0 Å². The second-order valence-electron chi connectivity index (χ2n) is 4.96. The van der Waals surface area contributed by atoms with Gasteiger partial charge in [0.1, 0.15) is 32.7 Å². The van der Waals surface area contributed by atoms with Crippen LogP contribution in [0.25, 0.3) is 0 Å². The molecule has 1 saturated heterocycles. The van der Waals surface area contributed by atoms with E-state index in [0.29, 0.717) is 0 Å². The minimum Gasteiger partial charge on any atom is -0.326 e. The maximum Gasteiger partial charge on any atom is 0.269 e. The third kappa shape index (κ3) is 3.27. The Morgan fingerprint density at radius 3 is 2.50 bits per heavy atom. The van der Waals surface area contributed by atoms with Crippen molar-refractivity contribution in [3.05, 3.63) is 39.9 Å². The summed E-state index contributed by atoms with van der Waals surface area (Å²) in [6.45, 7) is 9.06. The molecule has 1 heterocycles. The zero-order valence-electron chi connectivity index (χ0n) is 10.8. The van der Waals surface area contributed by atoms with E-state index in [1.807, 2.05) is 6.07 Å². The second-order valence-corrected chi connectivity index (χ2v) is 4.96. The van der Waals surface area contributed by atoms with Gasteiger partial charge in [0.25, 0.3) is 5.69 Å². The number of rotatable bonds is 4. The molecule has 5 heteroatoms. The van der Waals surface area contributed by atoms with Crippen LogP contribution >= 0.6 is 0 Å². The lowest BCUT2D eigenvalue weighted by Gasteiger charge is -2.28. The number of benzene rings is 1. The Morgan fingerprint density at radius 2 is 1.89 bits per heavy atom. The Balaban J connectivity index is 1.94. The smallest absolute Gasteiger partial charge is 0.269 e. The highest BCUT2D eigenvalue weighted by atomic mass is 16.6. The summed E-state index contributed by atoms with van der Waals surface area (Å²) in [6.07, 6.45) is 0. The summed E-state index contributed by atoms with van der Waals surface area (Å²) in [7, 11) is 0. The van der Waals surface area contributed by atoms with Crippen LogP contribution in [-0.2, 0) is 6.54 Å². The summed E-state index contributed by atoms with van der Waals surface area (Å²) in [6, 6.07) is 7.02. The molecule has 0 aromatic heterocycles. The molecule has 1 aliphatic rings. The first-order chi connectivity index (χ1) is 8.69. The molecule has 18 heavy (non-hydrogen) atoms. The Bertz CT molecular complexity index is 414. The topological polar surface area (TPSA) is 52.0 Å². The summed E-state index contributed by atoms with van der Waals surface area (Å²) >= 11 is 0. The van der Waals surface area contributed by atoms with Crippen molar-refractivity contribution < 1.29 is 14.7 Å². The van der Waals surface area contributed by atoms with E-state index in [0.717, 1.165) is 25.2 Å². The zero-order valence-corrected chi connectivity index (χ0v) is 10.8. The molecule has 98 valence electrons. The number of nitrogens with one attached hydrogen (secondary N) is 2. The summed E-state index contributed by atoms with van der Waals surface area (Å²) in [5.41, 5.74) is 1.27. The highest BCUT2D eigenvalue weighted by Crippen LogP contribution is 2.12. The molecule has 1 aliphatic heterocycles. The van der Waals surface area contributed by atoms with Gasteiger partial charge in [0.05, 0.1) is 11.5 Å². The fraction of sp³-hybridized carbons (Fsp3) is 0.538. The van der Waals surface area contributed by atoms with Crippen molar-refractivity contribution in [2.45, 2.75) is 13.5 Å². The van der Waals surface area contributed by atoms with Gasteiger partial charge in [0.2, 0.25) is 0 Å². The standard InChI is InChI=1S/C13H19N3O2/c1-2-14-6-8-15(9-7-14)11-12-4-3-5-13(10-12)16(17)18/h3-5,10H,2,6-9,11H2,1H3/p+2. The van der Waals surface area contributed by atoms with Gasteiger partial charge in [-0.3, -0.25) is 10.1 Å². The van der Waals surface area contributed by atoms with Crippen LogP contribution in [0, 0.1) is 10.1 Å². The first-order valence-electron chi connectivity index (χ1n) is 6.59. The minimum absolute atomic E-state index is 0.199. The van der Waals surface area contributed by atoms with E-state index in [2.05, 4.69) is 6.92 Å². The van der Waals surface area contributed by atoms with E-state index >= 15 is 0 Å². The molecule has 1 aromatic rings. The minimum atomic E-state index is -0.321. The van der Waals surface area contributed by atoms with Gasteiger partial charge in [-0.05, 0) is 6.92 Å². The molecule has 2 rings (SSSR count). The van der Waals surface area contributed by atoms with Gasteiger partial charge < -0.3 is 9.80 Å². The van der Waals surface area contributed by atoms with Gasteiger partial charge in [-0.2, -0.15) is 0 Å². The van der Waals surface area contributed by atoms with Crippen molar-refractivity contribution in [1.29, 1.82) is 0 Å². The van der Waals surface area contributed by atoms with Crippen molar-refractivity contribution in [3.8, 4) is 0 Å². The SMILES string of the molecule is CC[NH+]1CC[NH+](Cc2cccc([N+](=O)[O-])c2)CC1. The van der Waals surface area contributed by atoms with Crippen LogP contribution < -0.4 is 9.80 Å². The van der Waals surface area contributed by atoms with Crippen LogP contribution in [0.5, 0.6) is 0 Å². The van der Waals surface area contributed by atoms with Crippen LogP contribution in [-0.4, -0.2) is 37.6 Å². The lowest BCUT2D eigenvalue weighted by Crippen LogP contribution is -3.27. The van der Waals surface area contributed by atoms with Gasteiger partial charge in [0, 0.05) is 17.7 Å². The van der Waals surface area contributed by atoms with Gasteiger partial charge in [-0.25, -0.2) is 0 Å². The lowest BCUT2D eigenvalue weighted by atomic mass is 10.2. The van der Waals surface area contributed by atoms with Crippen LogP contribution in [0.1, 0.15) is 12.5 Å². The van der Waals surface area contributed by atoms with E-state index < -0.39 is 0 Å². The summed E-state index contributed by atoms with van der Waals surface area (Å²) in [4.78, 5) is 13.6. The fourth-order valence-corrected chi connectivity index (χ4v) is 2.56. The Hall–Kier alpha value is -1.46. The lowest BCUT2D eigenvalue weighted by molar-refractivity contribution is -1.02. The van der Waals surface area contributed by atoms with Crippen molar-refractivity contribution in [1.82, 2.24) is 0 Å². The largest absolute Gasteiger partial charge is 0.326 e. The van der Waals surface area contributed by atoms with E-state index in [-0.39, 0.29) is 10.6 Å². The normalized spacial score (nSPS) is 23.8. The number of non-ortho nitro benzene ring substituents is 1. The molecular formula is C13H21N3O2+2. The molecule has 0 spiro atoms. The maximum absolute atomic E-state index is 10.7. The molecule has 2 N–H and O–H groups in total. The van der Waals surface area contributed by atoms with Gasteiger partial charge in [-0.1, -0.05) is 12.1 Å². The molecule has 0 unspecified atom stereocenters. The number of piperazine rings is 1. The molecule has 1 fully saturated rings. The molecule has 0 amide bonds. The maximum atomic E-state index is 10.7. The summed E-state index contributed by atoms with van der Waals surface area (Å²) < 4.78 is 0. The summed E-state index contributed by atoms with van der Waals surface area (Å²) in [5.74, 6) is 0. The van der Waals surface area contributed by atoms with Crippen LogP contribution in [0.15, 0.2) is 24.3 Å². The molecule has 1 aromatic carbocycles. The number of hydrogen-bond acceptors (Lipinski definition) is 2. The average Bonchev–Trinajstić information content (AvgIpc) is 2.40. The monoisotopic (exact) mass is 251 g/mol. The summed E-state index contributed by atoms with van der Waals surface area (Å²) in [5, 5.41) is 10.7. The predicted molar refractivity (Wildman–Crippen MR) is 68.7 cm³/mol. The van der Waals surface area contributed by atoms with Crippen molar-refractivity contribution >= 4 is 5.69 Å². The highest BCUT2D eigenvalue weighted by Gasteiger charge is 2.21. The molecule has 5 nitrogen and oxygen atoms in total. The molecule has 0 radical (unpaired) electrons. The fourth-order valence-electron chi connectivity index (χ4n) is 2.56. The van der Waals surface area contributed by atoms with Gasteiger partial charge in [0.15, 0.2) is 0 Å². The first kappa shape index (κ1) is 13.0. The van der Waals surface area contributed by atoms with Crippen molar-refractivity contribution in [2.24, 2.45) is 0 Å².